The molecular weight excluding hydrogens is 505 g/mol. The number of nitrogens with zero attached hydrogens (tertiary/aromatic N) is 1. The van der Waals surface area contributed by atoms with Crippen LogP contribution < -0.4 is 4.74 Å². The Labute approximate surface area is 208 Å². The molecule has 5 nitrogen and oxygen atoms in total. The zero-order chi connectivity index (χ0) is 23.5. The molecular formula is C24H14Cl3NO4S. The van der Waals surface area contributed by atoms with Crippen LogP contribution in [0, 0.1) is 0 Å². The molecule has 0 N–H and O–H groups in total. The normalized spacial score (nSPS) is 14.8. The average molecular weight is 519 g/mol. The number of carbonyl (C=O) groups is 3. The van der Waals surface area contributed by atoms with Crippen molar-refractivity contribution in [2.75, 3.05) is 0 Å². The van der Waals surface area contributed by atoms with Gasteiger partial charge in [-0.3, -0.25) is 14.5 Å². The van der Waals surface area contributed by atoms with Gasteiger partial charge in [-0.25, -0.2) is 4.79 Å². The minimum absolute atomic E-state index is 0.0479. The minimum Gasteiger partial charge on any atom is -0.422 e. The van der Waals surface area contributed by atoms with Crippen LogP contribution in [0.1, 0.15) is 21.5 Å². The van der Waals surface area contributed by atoms with Crippen LogP contribution >= 0.6 is 46.6 Å². The third-order valence-electron chi connectivity index (χ3n) is 4.74. The monoisotopic (exact) mass is 517 g/mol. The van der Waals surface area contributed by atoms with Gasteiger partial charge in [-0.2, -0.15) is 0 Å². The molecule has 1 heterocycles. The molecule has 0 spiro atoms. The van der Waals surface area contributed by atoms with E-state index in [2.05, 4.69) is 0 Å². The topological polar surface area (TPSA) is 63.7 Å². The summed E-state index contributed by atoms with van der Waals surface area (Å²) in [5.41, 5.74) is 1.29. The summed E-state index contributed by atoms with van der Waals surface area (Å²) in [5.74, 6) is -0.813. The van der Waals surface area contributed by atoms with Gasteiger partial charge >= 0.3 is 5.97 Å². The van der Waals surface area contributed by atoms with E-state index in [0.717, 1.165) is 16.7 Å². The fourth-order valence-electron chi connectivity index (χ4n) is 3.06. The molecule has 3 aromatic carbocycles. The predicted octanol–water partition coefficient (Wildman–Crippen LogP) is 7.10. The van der Waals surface area contributed by atoms with Gasteiger partial charge < -0.3 is 4.74 Å². The highest BCUT2D eigenvalue weighted by Gasteiger charge is 2.36. The van der Waals surface area contributed by atoms with Gasteiger partial charge in [0.25, 0.3) is 11.1 Å². The summed E-state index contributed by atoms with van der Waals surface area (Å²) < 4.78 is 5.52. The molecule has 0 aliphatic carbocycles. The van der Waals surface area contributed by atoms with Gasteiger partial charge in [-0.15, -0.1) is 0 Å². The van der Waals surface area contributed by atoms with Crippen LogP contribution in [0.4, 0.5) is 4.79 Å². The highest BCUT2D eigenvalue weighted by molar-refractivity contribution is 8.18. The average Bonchev–Trinajstić information content (AvgIpc) is 3.05. The Morgan fingerprint density at radius 2 is 1.58 bits per heavy atom. The van der Waals surface area contributed by atoms with E-state index in [1.165, 1.54) is 6.08 Å². The van der Waals surface area contributed by atoms with Crippen molar-refractivity contribution in [2.45, 2.75) is 6.54 Å². The number of benzene rings is 3. The lowest BCUT2D eigenvalue weighted by Crippen LogP contribution is -2.27. The van der Waals surface area contributed by atoms with Gasteiger partial charge in [0, 0.05) is 26.2 Å². The zero-order valence-electron chi connectivity index (χ0n) is 16.8. The number of ether oxygens (including phenoxy) is 1. The van der Waals surface area contributed by atoms with Gasteiger partial charge in [0.05, 0.1) is 17.0 Å². The molecule has 0 radical (unpaired) electrons. The molecule has 1 saturated heterocycles. The number of esters is 1. The molecule has 0 bridgehead atoms. The second-order valence-corrected chi connectivity index (χ2v) is 9.15. The summed E-state index contributed by atoms with van der Waals surface area (Å²) in [6.07, 6.45) is 1.52. The van der Waals surface area contributed by atoms with E-state index in [9.17, 15) is 14.4 Å². The maximum Gasteiger partial charge on any atom is 0.343 e. The van der Waals surface area contributed by atoms with Gasteiger partial charge in [-0.05, 0) is 60.3 Å². The standard InChI is InChI=1S/C24H14Cl3NO4S/c25-16-10-8-14(9-11-16)23(30)32-20-7-2-1-4-15(20)12-21-22(29)28(24(31)33-21)13-17-18(26)5-3-6-19(17)27/h1-12H,13H2/b21-12-. The highest BCUT2D eigenvalue weighted by atomic mass is 35.5. The van der Waals surface area contributed by atoms with E-state index >= 15 is 0 Å². The molecule has 1 fully saturated rings. The minimum atomic E-state index is -0.575. The number of amides is 2. The highest BCUT2D eigenvalue weighted by Crippen LogP contribution is 2.36. The van der Waals surface area contributed by atoms with E-state index in [-0.39, 0.29) is 17.2 Å². The van der Waals surface area contributed by atoms with Gasteiger partial charge in [0.15, 0.2) is 0 Å². The van der Waals surface area contributed by atoms with Gasteiger partial charge in [0.1, 0.15) is 5.75 Å². The van der Waals surface area contributed by atoms with Crippen molar-refractivity contribution in [1.82, 2.24) is 4.90 Å². The summed E-state index contributed by atoms with van der Waals surface area (Å²) >= 11 is 19.0. The number of halogens is 3. The molecule has 166 valence electrons. The molecule has 1 aliphatic rings. The first kappa shape index (κ1) is 23.4. The van der Waals surface area contributed by atoms with Crippen LogP contribution in [0.5, 0.6) is 5.75 Å². The van der Waals surface area contributed by atoms with Crippen molar-refractivity contribution >= 4 is 69.8 Å². The van der Waals surface area contributed by atoms with Crippen LogP contribution in [0.15, 0.2) is 71.6 Å². The molecule has 0 atom stereocenters. The molecule has 3 aromatic rings. The van der Waals surface area contributed by atoms with E-state index in [0.29, 0.717) is 31.8 Å². The number of carbonyl (C=O) groups excluding carboxylic acids is 3. The zero-order valence-corrected chi connectivity index (χ0v) is 19.8. The Balaban J connectivity index is 1.57. The van der Waals surface area contributed by atoms with Crippen molar-refractivity contribution in [2.24, 2.45) is 0 Å². The second kappa shape index (κ2) is 10.0. The largest absolute Gasteiger partial charge is 0.422 e. The molecule has 1 aliphatic heterocycles. The maximum atomic E-state index is 12.9. The molecule has 9 heteroatoms. The summed E-state index contributed by atoms with van der Waals surface area (Å²) in [6.45, 7) is -0.0479. The molecule has 33 heavy (non-hydrogen) atoms. The molecule has 0 aromatic heterocycles. The van der Waals surface area contributed by atoms with Crippen molar-refractivity contribution in [3.05, 3.63) is 103 Å². The number of para-hydroxylation sites is 1. The van der Waals surface area contributed by atoms with Gasteiger partial charge in [-0.1, -0.05) is 59.1 Å². The number of rotatable bonds is 5. The van der Waals surface area contributed by atoms with E-state index in [4.69, 9.17) is 39.5 Å². The van der Waals surface area contributed by atoms with Crippen molar-refractivity contribution in [1.29, 1.82) is 0 Å². The first-order valence-electron chi connectivity index (χ1n) is 9.58. The second-order valence-electron chi connectivity index (χ2n) is 6.90. The van der Waals surface area contributed by atoms with Crippen LogP contribution in [-0.4, -0.2) is 22.0 Å². The molecule has 0 unspecified atom stereocenters. The Bertz CT molecular complexity index is 1270. The predicted molar refractivity (Wildman–Crippen MR) is 131 cm³/mol. The SMILES string of the molecule is O=C(Oc1ccccc1/C=C1\SC(=O)N(Cc2c(Cl)cccc2Cl)C1=O)c1ccc(Cl)cc1. The summed E-state index contributed by atoms with van der Waals surface area (Å²) in [5, 5.41) is 0.786. The van der Waals surface area contributed by atoms with Crippen molar-refractivity contribution in [3.63, 3.8) is 0 Å². The number of hydrogen-bond acceptors (Lipinski definition) is 5. The third-order valence-corrected chi connectivity index (χ3v) is 6.61. The Kier molecular flexibility index (Phi) is 7.10. The summed E-state index contributed by atoms with van der Waals surface area (Å²) in [4.78, 5) is 39.2. The van der Waals surface area contributed by atoms with Crippen molar-refractivity contribution < 1.29 is 19.1 Å². The lowest BCUT2D eigenvalue weighted by Gasteiger charge is -2.14. The molecule has 2 amide bonds. The lowest BCUT2D eigenvalue weighted by atomic mass is 10.1. The van der Waals surface area contributed by atoms with Crippen LogP contribution in [-0.2, 0) is 11.3 Å². The summed E-state index contributed by atoms with van der Waals surface area (Å²) in [7, 11) is 0. The summed E-state index contributed by atoms with van der Waals surface area (Å²) in [6, 6.07) is 18.0. The van der Waals surface area contributed by atoms with Crippen LogP contribution in [0.3, 0.4) is 0 Å². The van der Waals surface area contributed by atoms with Crippen LogP contribution in [0.2, 0.25) is 15.1 Å². The van der Waals surface area contributed by atoms with Crippen molar-refractivity contribution in [3.8, 4) is 5.75 Å². The van der Waals surface area contributed by atoms with E-state index in [1.807, 2.05) is 0 Å². The number of thioether (sulfide) groups is 1. The Morgan fingerprint density at radius 3 is 2.27 bits per heavy atom. The Morgan fingerprint density at radius 1 is 0.909 bits per heavy atom. The smallest absolute Gasteiger partial charge is 0.343 e. The van der Waals surface area contributed by atoms with E-state index < -0.39 is 17.1 Å². The molecule has 0 saturated carbocycles. The fraction of sp³-hybridized carbons (Fsp3) is 0.0417. The van der Waals surface area contributed by atoms with Gasteiger partial charge in [0.2, 0.25) is 0 Å². The Hall–Kier alpha value is -2.77. The fourth-order valence-corrected chi connectivity index (χ4v) is 4.53. The number of hydrogen-bond donors (Lipinski definition) is 0. The third kappa shape index (κ3) is 5.25. The first-order chi connectivity index (χ1) is 15.8. The first-order valence-corrected chi connectivity index (χ1v) is 11.5. The molecule has 4 rings (SSSR count). The number of imide groups is 1. The maximum absolute atomic E-state index is 12.9. The quantitative estimate of drug-likeness (QED) is 0.205. The van der Waals surface area contributed by atoms with Crippen LogP contribution in [0.25, 0.3) is 6.08 Å². The lowest BCUT2D eigenvalue weighted by molar-refractivity contribution is -0.123. The van der Waals surface area contributed by atoms with E-state index in [1.54, 1.807) is 66.7 Å².